The minimum Gasteiger partial charge on any atom is -0.281 e. The van der Waals surface area contributed by atoms with E-state index in [-0.39, 0.29) is 0 Å². The molecular weight excluding hydrogens is 330 g/mol. The van der Waals surface area contributed by atoms with Gasteiger partial charge in [0.15, 0.2) is 0 Å². The maximum absolute atomic E-state index is 3.67. The lowest BCUT2D eigenvalue weighted by atomic mass is 10.1. The standard InChI is InChI=1S/C24H33NSi/c1-5-6-17-24(18-19-26(2,3)4)25(20-22-13-9-7-10-14-22)21-23-15-11-8-12-16-23/h7-16,24H,5-6,17,20-21H2,1-4H3/t24-/m0/s1. The third-order valence-electron chi connectivity index (χ3n) is 4.34. The smallest absolute Gasteiger partial charge is 0.129 e. The number of hydrogen-bond acceptors (Lipinski definition) is 1. The molecule has 0 N–H and O–H groups in total. The van der Waals surface area contributed by atoms with E-state index in [1.807, 2.05) is 0 Å². The summed E-state index contributed by atoms with van der Waals surface area (Å²) in [7, 11) is -1.38. The van der Waals surface area contributed by atoms with Crippen molar-refractivity contribution < 1.29 is 0 Å². The van der Waals surface area contributed by atoms with Gasteiger partial charge in [0.05, 0.1) is 6.04 Å². The molecule has 1 atom stereocenters. The van der Waals surface area contributed by atoms with Crippen molar-refractivity contribution >= 4 is 8.07 Å². The molecule has 0 radical (unpaired) electrons. The van der Waals surface area contributed by atoms with Gasteiger partial charge in [-0.1, -0.05) is 106 Å². The summed E-state index contributed by atoms with van der Waals surface area (Å²) >= 11 is 0. The van der Waals surface area contributed by atoms with E-state index in [0.717, 1.165) is 19.5 Å². The van der Waals surface area contributed by atoms with Gasteiger partial charge in [0.2, 0.25) is 0 Å². The van der Waals surface area contributed by atoms with Gasteiger partial charge in [0.1, 0.15) is 8.07 Å². The van der Waals surface area contributed by atoms with Crippen molar-refractivity contribution in [3.63, 3.8) is 0 Å². The van der Waals surface area contributed by atoms with Gasteiger partial charge in [-0.15, -0.1) is 5.54 Å². The lowest BCUT2D eigenvalue weighted by Crippen LogP contribution is -2.34. The maximum atomic E-state index is 3.67. The Hall–Kier alpha value is -1.82. The van der Waals surface area contributed by atoms with E-state index >= 15 is 0 Å². The molecule has 0 aliphatic rings. The molecule has 0 amide bonds. The van der Waals surface area contributed by atoms with E-state index < -0.39 is 8.07 Å². The molecular formula is C24H33NSi. The molecule has 138 valence electrons. The zero-order valence-electron chi connectivity index (χ0n) is 16.8. The van der Waals surface area contributed by atoms with Gasteiger partial charge in [0, 0.05) is 13.1 Å². The van der Waals surface area contributed by atoms with Crippen LogP contribution in [0.3, 0.4) is 0 Å². The van der Waals surface area contributed by atoms with Crippen molar-refractivity contribution in [2.45, 2.75) is 65.0 Å². The molecule has 2 heteroatoms. The number of benzene rings is 2. The summed E-state index contributed by atoms with van der Waals surface area (Å²) in [4.78, 5) is 2.56. The highest BCUT2D eigenvalue weighted by molar-refractivity contribution is 6.83. The van der Waals surface area contributed by atoms with Crippen LogP contribution < -0.4 is 0 Å². The minimum atomic E-state index is -1.38. The van der Waals surface area contributed by atoms with Crippen molar-refractivity contribution in [3.8, 4) is 11.5 Å². The van der Waals surface area contributed by atoms with Crippen molar-refractivity contribution in [3.05, 3.63) is 71.8 Å². The first-order valence-electron chi connectivity index (χ1n) is 9.82. The molecule has 2 rings (SSSR count). The number of rotatable bonds is 8. The van der Waals surface area contributed by atoms with E-state index in [4.69, 9.17) is 0 Å². The van der Waals surface area contributed by atoms with Gasteiger partial charge in [-0.3, -0.25) is 4.90 Å². The highest BCUT2D eigenvalue weighted by atomic mass is 28.3. The summed E-state index contributed by atoms with van der Waals surface area (Å²) in [5.74, 6) is 3.67. The lowest BCUT2D eigenvalue weighted by molar-refractivity contribution is 0.206. The van der Waals surface area contributed by atoms with Crippen LogP contribution in [0, 0.1) is 11.5 Å². The van der Waals surface area contributed by atoms with Crippen LogP contribution in [0.1, 0.15) is 37.3 Å². The lowest BCUT2D eigenvalue weighted by Gasteiger charge is -2.29. The summed E-state index contributed by atoms with van der Waals surface area (Å²) in [5, 5.41) is 0. The second-order valence-electron chi connectivity index (χ2n) is 8.05. The summed E-state index contributed by atoms with van der Waals surface area (Å²) in [6.07, 6.45) is 3.59. The number of hydrogen-bond donors (Lipinski definition) is 0. The predicted molar refractivity (Wildman–Crippen MR) is 117 cm³/mol. The zero-order chi connectivity index (χ0) is 18.8. The molecule has 0 unspecified atom stereocenters. The largest absolute Gasteiger partial charge is 0.281 e. The molecule has 0 fully saturated rings. The van der Waals surface area contributed by atoms with E-state index in [1.165, 1.54) is 24.0 Å². The van der Waals surface area contributed by atoms with Gasteiger partial charge in [0.25, 0.3) is 0 Å². The van der Waals surface area contributed by atoms with Crippen LogP contribution in [-0.4, -0.2) is 19.0 Å². The van der Waals surface area contributed by atoms with Crippen molar-refractivity contribution in [2.75, 3.05) is 0 Å². The molecule has 0 saturated heterocycles. The molecule has 26 heavy (non-hydrogen) atoms. The average molecular weight is 364 g/mol. The van der Waals surface area contributed by atoms with E-state index in [9.17, 15) is 0 Å². The van der Waals surface area contributed by atoms with Crippen LogP contribution in [0.5, 0.6) is 0 Å². The fraction of sp³-hybridized carbons (Fsp3) is 0.417. The van der Waals surface area contributed by atoms with Crippen molar-refractivity contribution in [2.24, 2.45) is 0 Å². The van der Waals surface area contributed by atoms with Crippen molar-refractivity contribution in [1.82, 2.24) is 4.90 Å². The first-order chi connectivity index (χ1) is 12.5. The molecule has 2 aromatic carbocycles. The van der Waals surface area contributed by atoms with E-state index in [2.05, 4.69) is 104 Å². The Bertz CT molecular complexity index is 650. The third-order valence-corrected chi connectivity index (χ3v) is 5.24. The SMILES string of the molecule is CCCC[C@@H](C#C[Si](C)(C)C)N(Cc1ccccc1)Cc1ccccc1. The highest BCUT2D eigenvalue weighted by Gasteiger charge is 2.18. The fourth-order valence-corrected chi connectivity index (χ4v) is 3.56. The zero-order valence-corrected chi connectivity index (χ0v) is 17.8. The van der Waals surface area contributed by atoms with Crippen LogP contribution >= 0.6 is 0 Å². The second-order valence-corrected chi connectivity index (χ2v) is 12.8. The monoisotopic (exact) mass is 363 g/mol. The van der Waals surface area contributed by atoms with Gasteiger partial charge >= 0.3 is 0 Å². The summed E-state index contributed by atoms with van der Waals surface area (Å²) in [5.41, 5.74) is 6.35. The molecule has 2 aromatic rings. The average Bonchev–Trinajstić information content (AvgIpc) is 2.62. The van der Waals surface area contributed by atoms with Crippen LogP contribution in [0.2, 0.25) is 19.6 Å². The van der Waals surface area contributed by atoms with Crippen LogP contribution in [0.25, 0.3) is 0 Å². The predicted octanol–water partition coefficient (Wildman–Crippen LogP) is 6.13. The van der Waals surface area contributed by atoms with Gasteiger partial charge in [-0.2, -0.15) is 0 Å². The van der Waals surface area contributed by atoms with Crippen LogP contribution in [0.4, 0.5) is 0 Å². The number of unbranched alkanes of at least 4 members (excludes halogenated alkanes) is 1. The molecule has 0 heterocycles. The van der Waals surface area contributed by atoms with E-state index in [0.29, 0.717) is 6.04 Å². The Labute approximate surface area is 161 Å². The van der Waals surface area contributed by atoms with Crippen LogP contribution in [-0.2, 0) is 13.1 Å². The summed E-state index contributed by atoms with van der Waals surface area (Å²) in [6, 6.07) is 21.9. The first kappa shape index (κ1) is 20.5. The molecule has 0 aliphatic carbocycles. The second kappa shape index (κ2) is 10.4. The number of nitrogens with zero attached hydrogens (tertiary/aromatic N) is 1. The fourth-order valence-electron chi connectivity index (χ4n) is 2.96. The van der Waals surface area contributed by atoms with Gasteiger partial charge < -0.3 is 0 Å². The van der Waals surface area contributed by atoms with Crippen molar-refractivity contribution in [1.29, 1.82) is 0 Å². The quantitative estimate of drug-likeness (QED) is 0.403. The topological polar surface area (TPSA) is 3.24 Å². The molecule has 0 saturated carbocycles. The Balaban J connectivity index is 2.27. The Morgan fingerprint density at radius 1 is 0.846 bits per heavy atom. The van der Waals surface area contributed by atoms with Gasteiger partial charge in [-0.05, 0) is 17.5 Å². The first-order valence-corrected chi connectivity index (χ1v) is 13.3. The molecule has 0 aliphatic heterocycles. The Morgan fingerprint density at radius 2 is 1.35 bits per heavy atom. The normalized spacial score (nSPS) is 12.5. The highest BCUT2D eigenvalue weighted by Crippen LogP contribution is 2.17. The Morgan fingerprint density at radius 3 is 1.77 bits per heavy atom. The van der Waals surface area contributed by atoms with Crippen LogP contribution in [0.15, 0.2) is 60.7 Å². The molecule has 0 bridgehead atoms. The summed E-state index contributed by atoms with van der Waals surface area (Å²) in [6.45, 7) is 11.2. The molecule has 0 aromatic heterocycles. The summed E-state index contributed by atoms with van der Waals surface area (Å²) < 4.78 is 0. The molecule has 0 spiro atoms. The minimum absolute atomic E-state index is 0.321. The Kier molecular flexibility index (Phi) is 8.16. The van der Waals surface area contributed by atoms with E-state index in [1.54, 1.807) is 0 Å². The third kappa shape index (κ3) is 7.60. The molecule has 1 nitrogen and oxygen atoms in total. The van der Waals surface area contributed by atoms with Gasteiger partial charge in [-0.25, -0.2) is 0 Å². The maximum Gasteiger partial charge on any atom is 0.129 e.